The maximum atomic E-state index is 12.8. The van der Waals surface area contributed by atoms with Crippen LogP contribution in [0.1, 0.15) is 51.1 Å². The SMILES string of the molecule is CCCOCCOCC(=O)NCCCC[C@H](CC(=O)[C@@H]([NH])Cc1cnc[nH]1)C(=O)C[C@@H](CO)C(N)=O. The molecular formula is C24H40N5O7. The lowest BCUT2D eigenvalue weighted by Gasteiger charge is -2.19. The van der Waals surface area contributed by atoms with E-state index in [9.17, 15) is 24.3 Å². The number of aliphatic hydroxyl groups is 1. The van der Waals surface area contributed by atoms with Crippen LogP contribution < -0.4 is 16.8 Å². The van der Waals surface area contributed by atoms with Crippen LogP contribution in [0.3, 0.4) is 0 Å². The van der Waals surface area contributed by atoms with Crippen LogP contribution >= 0.6 is 0 Å². The maximum Gasteiger partial charge on any atom is 0.245 e. The quantitative estimate of drug-likeness (QED) is 0.156. The third-order valence-electron chi connectivity index (χ3n) is 5.60. The lowest BCUT2D eigenvalue weighted by molar-refractivity contribution is -0.132. The first-order valence-electron chi connectivity index (χ1n) is 12.3. The van der Waals surface area contributed by atoms with Gasteiger partial charge >= 0.3 is 0 Å². The van der Waals surface area contributed by atoms with Gasteiger partial charge in [-0.15, -0.1) is 0 Å². The van der Waals surface area contributed by atoms with Crippen LogP contribution in [0, 0.1) is 11.8 Å². The highest BCUT2D eigenvalue weighted by Gasteiger charge is 2.28. The molecule has 0 unspecified atom stereocenters. The molecule has 12 heteroatoms. The van der Waals surface area contributed by atoms with Crippen molar-refractivity contribution < 1.29 is 33.8 Å². The van der Waals surface area contributed by atoms with Gasteiger partial charge in [0, 0.05) is 50.2 Å². The monoisotopic (exact) mass is 510 g/mol. The zero-order valence-electron chi connectivity index (χ0n) is 21.0. The zero-order valence-corrected chi connectivity index (χ0v) is 21.0. The Balaban J connectivity index is 2.49. The minimum Gasteiger partial charge on any atom is -0.396 e. The smallest absolute Gasteiger partial charge is 0.245 e. The normalized spacial score (nSPS) is 13.6. The number of nitrogens with two attached hydrogens (primary N) is 1. The second kappa shape index (κ2) is 18.6. The van der Waals surface area contributed by atoms with E-state index in [1.807, 2.05) is 6.92 Å². The Bertz CT molecular complexity index is 788. The number of nitrogens with zero attached hydrogens (tertiary/aromatic N) is 1. The van der Waals surface area contributed by atoms with Crippen LogP contribution in [0.4, 0.5) is 0 Å². The molecule has 6 N–H and O–H groups in total. The molecule has 2 amide bonds. The van der Waals surface area contributed by atoms with E-state index in [0.717, 1.165) is 6.42 Å². The van der Waals surface area contributed by atoms with E-state index in [-0.39, 0.29) is 37.6 Å². The molecule has 3 atom stereocenters. The molecule has 0 bridgehead atoms. The zero-order chi connectivity index (χ0) is 26.8. The average Bonchev–Trinajstić information content (AvgIpc) is 3.36. The standard InChI is InChI=1S/C24H40N5O7/c1-2-7-35-8-9-36-15-23(33)28-6-4-3-5-17(21(31)11-18(14-30)24(26)34)10-22(32)20(25)12-19-13-27-16-29-19/h13,16-18,20,25,30H,2-12,14-15H2,1H3,(H2,26,34)(H,27,29)(H,28,33)/t17-,18+,20+/m1/s1. The molecular weight excluding hydrogens is 470 g/mol. The number of aliphatic hydroxyl groups excluding tert-OH is 1. The molecule has 0 saturated heterocycles. The topological polar surface area (TPSA) is 197 Å². The summed E-state index contributed by atoms with van der Waals surface area (Å²) in [6, 6.07) is -1.06. The first-order valence-corrected chi connectivity index (χ1v) is 12.3. The van der Waals surface area contributed by atoms with E-state index in [4.69, 9.17) is 20.9 Å². The number of Topliss-reactive ketones (excluding diaryl/α,β-unsaturated/α-hetero) is 2. The number of aromatic amines is 1. The van der Waals surface area contributed by atoms with Gasteiger partial charge in [0.05, 0.1) is 38.1 Å². The summed E-state index contributed by atoms with van der Waals surface area (Å²) >= 11 is 0. The number of primary amides is 1. The summed E-state index contributed by atoms with van der Waals surface area (Å²) in [4.78, 5) is 55.5. The molecule has 0 saturated carbocycles. The minimum atomic E-state index is -1.06. The van der Waals surface area contributed by atoms with Crippen LogP contribution in [0.25, 0.3) is 0 Å². The third-order valence-corrected chi connectivity index (χ3v) is 5.60. The van der Waals surface area contributed by atoms with Gasteiger partial charge in [-0.05, 0) is 19.3 Å². The number of carbonyl (C=O) groups excluding carboxylic acids is 4. The molecule has 0 aliphatic heterocycles. The molecule has 203 valence electrons. The number of hydrogen-bond donors (Lipinski definition) is 4. The second-order valence-corrected chi connectivity index (χ2v) is 8.66. The molecule has 1 heterocycles. The van der Waals surface area contributed by atoms with Crippen molar-refractivity contribution >= 4 is 23.4 Å². The number of ketones is 2. The van der Waals surface area contributed by atoms with Crippen LogP contribution in [-0.4, -0.2) is 84.1 Å². The Morgan fingerprint density at radius 3 is 2.47 bits per heavy atom. The summed E-state index contributed by atoms with van der Waals surface area (Å²) in [5.74, 6) is -3.50. The largest absolute Gasteiger partial charge is 0.396 e. The highest BCUT2D eigenvalue weighted by Crippen LogP contribution is 2.20. The number of amides is 2. The molecule has 12 nitrogen and oxygen atoms in total. The number of rotatable bonds is 22. The van der Waals surface area contributed by atoms with Gasteiger partial charge in [-0.2, -0.15) is 0 Å². The van der Waals surface area contributed by atoms with E-state index < -0.39 is 36.2 Å². The lowest BCUT2D eigenvalue weighted by Crippen LogP contribution is -2.33. The first-order chi connectivity index (χ1) is 17.3. The number of nitrogens with one attached hydrogen (secondary N) is 3. The van der Waals surface area contributed by atoms with Crippen molar-refractivity contribution in [3.8, 4) is 0 Å². The summed E-state index contributed by atoms with van der Waals surface area (Å²) in [5, 5.41) is 12.1. The van der Waals surface area contributed by atoms with Gasteiger partial charge < -0.3 is 30.6 Å². The molecule has 1 aromatic rings. The maximum absolute atomic E-state index is 12.8. The second-order valence-electron chi connectivity index (χ2n) is 8.66. The van der Waals surface area contributed by atoms with E-state index >= 15 is 0 Å². The Hall–Kier alpha value is -2.67. The van der Waals surface area contributed by atoms with Gasteiger partial charge in [0.2, 0.25) is 11.8 Å². The number of hydrogen-bond acceptors (Lipinski definition) is 8. The van der Waals surface area contributed by atoms with Crippen molar-refractivity contribution in [1.29, 1.82) is 0 Å². The Morgan fingerprint density at radius 2 is 1.83 bits per heavy atom. The van der Waals surface area contributed by atoms with Crippen LogP contribution in [-0.2, 0) is 35.1 Å². The van der Waals surface area contributed by atoms with Gasteiger partial charge in [0.15, 0.2) is 5.78 Å². The number of aromatic nitrogens is 2. The van der Waals surface area contributed by atoms with Crippen molar-refractivity contribution in [2.24, 2.45) is 17.6 Å². The van der Waals surface area contributed by atoms with Crippen molar-refractivity contribution in [2.75, 3.05) is 39.6 Å². The number of imidazole rings is 1. The molecule has 0 aliphatic carbocycles. The fourth-order valence-corrected chi connectivity index (χ4v) is 3.48. The third kappa shape index (κ3) is 13.4. The molecule has 0 spiro atoms. The van der Waals surface area contributed by atoms with Crippen molar-refractivity contribution in [2.45, 2.75) is 57.9 Å². The summed E-state index contributed by atoms with van der Waals surface area (Å²) in [6.45, 7) is 3.19. The Morgan fingerprint density at radius 1 is 1.11 bits per heavy atom. The van der Waals surface area contributed by atoms with Gasteiger partial charge in [-0.1, -0.05) is 13.3 Å². The van der Waals surface area contributed by atoms with E-state index in [1.54, 1.807) is 0 Å². The molecule has 1 radical (unpaired) electrons. The average molecular weight is 511 g/mol. The highest BCUT2D eigenvalue weighted by molar-refractivity contribution is 5.92. The number of carbonyl (C=O) groups is 4. The molecule has 0 fully saturated rings. The van der Waals surface area contributed by atoms with Gasteiger partial charge in [0.25, 0.3) is 0 Å². The first kappa shape index (κ1) is 31.4. The molecule has 1 aromatic heterocycles. The van der Waals surface area contributed by atoms with Crippen LogP contribution in [0.2, 0.25) is 0 Å². The predicted octanol–water partition coefficient (Wildman–Crippen LogP) is -0.0382. The summed E-state index contributed by atoms with van der Waals surface area (Å²) in [6.07, 6.45) is 5.13. The summed E-state index contributed by atoms with van der Waals surface area (Å²) in [5.41, 5.74) is 14.0. The van der Waals surface area contributed by atoms with E-state index in [0.29, 0.717) is 51.3 Å². The fourth-order valence-electron chi connectivity index (χ4n) is 3.48. The van der Waals surface area contributed by atoms with Gasteiger partial charge in [-0.3, -0.25) is 19.2 Å². The number of ether oxygens (including phenoxy) is 2. The van der Waals surface area contributed by atoms with Crippen LogP contribution in [0.15, 0.2) is 12.5 Å². The van der Waals surface area contributed by atoms with Crippen LogP contribution in [0.5, 0.6) is 0 Å². The molecule has 0 aromatic carbocycles. The highest BCUT2D eigenvalue weighted by atomic mass is 16.5. The van der Waals surface area contributed by atoms with Gasteiger partial charge in [-0.25, -0.2) is 10.7 Å². The summed E-state index contributed by atoms with van der Waals surface area (Å²) in [7, 11) is 0. The fraction of sp³-hybridized carbons (Fsp3) is 0.708. The number of H-pyrrole nitrogens is 1. The lowest BCUT2D eigenvalue weighted by atomic mass is 9.85. The van der Waals surface area contributed by atoms with E-state index in [1.165, 1.54) is 12.5 Å². The molecule has 36 heavy (non-hydrogen) atoms. The Kier molecular flexibility index (Phi) is 16.2. The minimum absolute atomic E-state index is 0.0675. The van der Waals surface area contributed by atoms with Gasteiger partial charge in [0.1, 0.15) is 12.4 Å². The van der Waals surface area contributed by atoms with Crippen molar-refractivity contribution in [1.82, 2.24) is 21.0 Å². The van der Waals surface area contributed by atoms with Crippen molar-refractivity contribution in [3.63, 3.8) is 0 Å². The molecule has 0 aliphatic rings. The predicted molar refractivity (Wildman–Crippen MR) is 130 cm³/mol. The Labute approximate surface area is 211 Å². The number of unbranched alkanes of at least 4 members (excludes halogenated alkanes) is 1. The molecule has 1 rings (SSSR count). The van der Waals surface area contributed by atoms with E-state index in [2.05, 4.69) is 15.3 Å². The van der Waals surface area contributed by atoms with Crippen molar-refractivity contribution in [3.05, 3.63) is 18.2 Å². The summed E-state index contributed by atoms with van der Waals surface area (Å²) < 4.78 is 10.5.